The zero-order valence-corrected chi connectivity index (χ0v) is 17.8. The van der Waals surface area contributed by atoms with Crippen LogP contribution in [0.3, 0.4) is 0 Å². The lowest BCUT2D eigenvalue weighted by atomic mass is 9.87. The van der Waals surface area contributed by atoms with Crippen LogP contribution in [0.2, 0.25) is 5.02 Å². The van der Waals surface area contributed by atoms with E-state index in [2.05, 4.69) is 9.62 Å². The molecule has 8 heteroatoms. The fourth-order valence-electron chi connectivity index (χ4n) is 4.43. The maximum atomic E-state index is 13.4. The van der Waals surface area contributed by atoms with E-state index in [1.165, 1.54) is 25.0 Å². The molecule has 0 spiro atoms. The van der Waals surface area contributed by atoms with Gasteiger partial charge in [0.05, 0.1) is 22.7 Å². The molecular weight excluding hydrogens is 415 g/mol. The number of ether oxygens (including phenoxy) is 1. The minimum Gasteiger partial charge on any atom is -0.496 e. The minimum absolute atomic E-state index is 0.129. The Morgan fingerprint density at radius 1 is 1.17 bits per heavy atom. The Bertz CT molecular complexity index is 1020. The predicted octanol–water partition coefficient (Wildman–Crippen LogP) is 4.24. The second-order valence-corrected chi connectivity index (χ2v) is 9.66. The molecule has 2 aliphatic rings. The Kier molecular flexibility index (Phi) is 5.73. The van der Waals surface area contributed by atoms with Crippen LogP contribution < -0.4 is 9.46 Å². The summed E-state index contributed by atoms with van der Waals surface area (Å²) in [7, 11) is -2.23. The van der Waals surface area contributed by atoms with Crippen molar-refractivity contribution in [3.63, 3.8) is 0 Å². The topological polar surface area (TPSA) is 58.6 Å². The number of fused-ring (bicyclic) bond motifs is 1. The lowest BCUT2D eigenvalue weighted by Crippen LogP contribution is -2.37. The second-order valence-electron chi connectivity index (χ2n) is 7.60. The van der Waals surface area contributed by atoms with Crippen LogP contribution in [0.15, 0.2) is 35.2 Å². The molecule has 1 aliphatic carbocycles. The summed E-state index contributed by atoms with van der Waals surface area (Å²) in [5.41, 5.74) is 2.00. The van der Waals surface area contributed by atoms with E-state index in [1.54, 1.807) is 19.2 Å². The summed E-state index contributed by atoms with van der Waals surface area (Å²) in [4.78, 5) is 2.75. The lowest BCUT2D eigenvalue weighted by molar-refractivity contribution is 0.219. The Morgan fingerprint density at radius 3 is 2.62 bits per heavy atom. The second kappa shape index (κ2) is 8.13. The molecule has 1 atom stereocenters. The molecule has 2 aromatic carbocycles. The number of benzene rings is 2. The average molecular weight is 439 g/mol. The molecule has 156 valence electrons. The van der Waals surface area contributed by atoms with Crippen LogP contribution in [0.5, 0.6) is 5.75 Å². The van der Waals surface area contributed by atoms with Crippen molar-refractivity contribution in [3.8, 4) is 5.75 Å². The van der Waals surface area contributed by atoms with Gasteiger partial charge in [-0.05, 0) is 81.1 Å². The summed E-state index contributed by atoms with van der Waals surface area (Å²) in [5, 5.41) is -0.129. The zero-order chi connectivity index (χ0) is 20.6. The van der Waals surface area contributed by atoms with Crippen molar-refractivity contribution in [2.75, 3.05) is 24.9 Å². The third kappa shape index (κ3) is 4.09. The number of halogens is 2. The fourth-order valence-corrected chi connectivity index (χ4v) is 5.95. The van der Waals surface area contributed by atoms with Gasteiger partial charge >= 0.3 is 0 Å². The van der Waals surface area contributed by atoms with Crippen molar-refractivity contribution in [1.29, 1.82) is 0 Å². The molecule has 0 bridgehead atoms. The third-order valence-corrected chi connectivity index (χ3v) is 7.61. The maximum Gasteiger partial charge on any atom is 0.262 e. The average Bonchev–Trinajstić information content (AvgIpc) is 3.24. The van der Waals surface area contributed by atoms with Gasteiger partial charge in [-0.15, -0.1) is 0 Å². The van der Waals surface area contributed by atoms with Crippen LogP contribution in [0.4, 0.5) is 10.1 Å². The van der Waals surface area contributed by atoms with E-state index in [0.717, 1.165) is 48.9 Å². The van der Waals surface area contributed by atoms with E-state index in [1.807, 2.05) is 0 Å². The van der Waals surface area contributed by atoms with E-state index in [4.69, 9.17) is 16.3 Å². The van der Waals surface area contributed by atoms with Gasteiger partial charge in [-0.2, -0.15) is 0 Å². The first-order valence-electron chi connectivity index (χ1n) is 9.79. The van der Waals surface area contributed by atoms with Crippen molar-refractivity contribution < 1.29 is 17.5 Å². The quantitative estimate of drug-likeness (QED) is 0.758. The fraction of sp³-hybridized carbons (Fsp3) is 0.429. The van der Waals surface area contributed by atoms with Gasteiger partial charge in [-0.1, -0.05) is 11.6 Å². The lowest BCUT2D eigenvalue weighted by Gasteiger charge is -2.33. The standard InChI is InChI=1S/C21H24ClFN2O3S/c1-28-20-8-9-21(29(26,27)24-14-4-7-19(23)18(22)12-14)16-6-5-15(13-17(16)20)25-10-2-3-11-25/h4,7-9,12,15,24H,2-3,5-6,10-11,13H2,1H3/t15-/m0/s1. The summed E-state index contributed by atoms with van der Waals surface area (Å²) >= 11 is 5.79. The van der Waals surface area contributed by atoms with Crippen LogP contribution in [-0.2, 0) is 22.9 Å². The minimum atomic E-state index is -3.85. The summed E-state index contributed by atoms with van der Waals surface area (Å²) in [6.07, 6.45) is 4.82. The number of likely N-dealkylation sites (tertiary alicyclic amines) is 1. The molecular formula is C21H24ClFN2O3S. The number of hydrogen-bond acceptors (Lipinski definition) is 4. The number of sulfonamides is 1. The third-order valence-electron chi connectivity index (χ3n) is 5.85. The number of anilines is 1. The molecule has 1 saturated heterocycles. The molecule has 1 fully saturated rings. The number of nitrogens with zero attached hydrogens (tertiary/aromatic N) is 1. The Balaban J connectivity index is 1.67. The molecule has 0 radical (unpaired) electrons. The number of hydrogen-bond donors (Lipinski definition) is 1. The van der Waals surface area contributed by atoms with Gasteiger partial charge < -0.3 is 9.64 Å². The van der Waals surface area contributed by atoms with E-state index in [9.17, 15) is 12.8 Å². The Morgan fingerprint density at radius 2 is 1.93 bits per heavy atom. The van der Waals surface area contributed by atoms with Gasteiger partial charge in [0.25, 0.3) is 10.0 Å². The monoisotopic (exact) mass is 438 g/mol. The summed E-state index contributed by atoms with van der Waals surface area (Å²) in [5.74, 6) is 0.136. The molecule has 0 aromatic heterocycles. The molecule has 2 aromatic rings. The van der Waals surface area contributed by atoms with Crippen LogP contribution >= 0.6 is 11.6 Å². The number of nitrogens with one attached hydrogen (secondary N) is 1. The summed E-state index contributed by atoms with van der Waals surface area (Å²) in [6.45, 7) is 2.21. The van der Waals surface area contributed by atoms with Crippen LogP contribution in [-0.4, -0.2) is 39.6 Å². The van der Waals surface area contributed by atoms with Crippen molar-refractivity contribution in [2.45, 2.75) is 43.0 Å². The molecule has 29 heavy (non-hydrogen) atoms. The predicted molar refractivity (Wildman–Crippen MR) is 112 cm³/mol. The van der Waals surface area contributed by atoms with E-state index in [-0.39, 0.29) is 15.6 Å². The SMILES string of the molecule is COc1ccc(S(=O)(=O)Nc2ccc(F)c(Cl)c2)c2c1C[C@@H](N1CCCC1)CC2. The van der Waals surface area contributed by atoms with Crippen molar-refractivity contribution in [2.24, 2.45) is 0 Å². The molecule has 0 unspecified atom stereocenters. The van der Waals surface area contributed by atoms with E-state index >= 15 is 0 Å². The first-order chi connectivity index (χ1) is 13.9. The molecule has 0 amide bonds. The highest BCUT2D eigenvalue weighted by Gasteiger charge is 2.32. The molecule has 5 nitrogen and oxygen atoms in total. The molecule has 1 heterocycles. The van der Waals surface area contributed by atoms with Gasteiger partial charge in [0.2, 0.25) is 0 Å². The van der Waals surface area contributed by atoms with Gasteiger partial charge in [0.15, 0.2) is 0 Å². The van der Waals surface area contributed by atoms with Crippen LogP contribution in [0.25, 0.3) is 0 Å². The van der Waals surface area contributed by atoms with E-state index in [0.29, 0.717) is 12.5 Å². The first-order valence-corrected chi connectivity index (χ1v) is 11.7. The molecule has 4 rings (SSSR count). The van der Waals surface area contributed by atoms with Crippen molar-refractivity contribution in [1.82, 2.24) is 4.90 Å². The Labute approximate surface area is 175 Å². The summed E-state index contributed by atoms with van der Waals surface area (Å²) < 4.78 is 47.7. The number of methoxy groups -OCH3 is 1. The number of rotatable bonds is 5. The highest BCUT2D eigenvalue weighted by atomic mass is 35.5. The Hall–Kier alpha value is -1.83. The van der Waals surface area contributed by atoms with E-state index < -0.39 is 15.8 Å². The normalized spacial score (nSPS) is 19.8. The highest BCUT2D eigenvalue weighted by Crippen LogP contribution is 2.37. The molecule has 1 N–H and O–H groups in total. The zero-order valence-electron chi connectivity index (χ0n) is 16.2. The van der Waals surface area contributed by atoms with Gasteiger partial charge in [0.1, 0.15) is 11.6 Å². The van der Waals surface area contributed by atoms with Crippen molar-refractivity contribution >= 4 is 27.3 Å². The maximum absolute atomic E-state index is 13.4. The van der Waals surface area contributed by atoms with Gasteiger partial charge in [-0.3, -0.25) is 4.72 Å². The largest absolute Gasteiger partial charge is 0.496 e. The highest BCUT2D eigenvalue weighted by molar-refractivity contribution is 7.92. The molecule has 0 saturated carbocycles. The molecule has 1 aliphatic heterocycles. The van der Waals surface area contributed by atoms with Crippen LogP contribution in [0.1, 0.15) is 30.4 Å². The summed E-state index contributed by atoms with van der Waals surface area (Å²) in [6, 6.07) is 7.50. The smallest absolute Gasteiger partial charge is 0.262 e. The van der Waals surface area contributed by atoms with Crippen molar-refractivity contribution in [3.05, 3.63) is 52.3 Å². The first kappa shape index (κ1) is 20.4. The van der Waals surface area contributed by atoms with Gasteiger partial charge in [0, 0.05) is 11.6 Å². The van der Waals surface area contributed by atoms with Gasteiger partial charge in [-0.25, -0.2) is 12.8 Å². The van der Waals surface area contributed by atoms with Crippen LogP contribution in [0, 0.1) is 5.82 Å².